The van der Waals surface area contributed by atoms with Crippen molar-refractivity contribution in [3.63, 3.8) is 0 Å². The number of nitrogens with zero attached hydrogens (tertiary/aromatic N) is 4. The fourth-order valence-electron chi connectivity index (χ4n) is 2.62. The number of hydrogen-bond acceptors (Lipinski definition) is 5. The van der Waals surface area contributed by atoms with Crippen molar-refractivity contribution in [2.24, 2.45) is 5.73 Å². The molecule has 0 aliphatic rings. The quantitative estimate of drug-likeness (QED) is 0.678. The highest BCUT2D eigenvalue weighted by molar-refractivity contribution is 5.94. The summed E-state index contributed by atoms with van der Waals surface area (Å²) in [5.74, 6) is 0.293. The van der Waals surface area contributed by atoms with Gasteiger partial charge in [0.1, 0.15) is 6.33 Å². The highest BCUT2D eigenvalue weighted by atomic mass is 35.5. The largest absolute Gasteiger partial charge is 0.350 e. The van der Waals surface area contributed by atoms with E-state index >= 15 is 0 Å². The number of aromatic nitrogens is 4. The molecule has 2 aromatic carbocycles. The van der Waals surface area contributed by atoms with Crippen molar-refractivity contribution in [2.45, 2.75) is 25.8 Å². The normalized spacial score (nSPS) is 11.7. The Morgan fingerprint density at radius 3 is 2.48 bits per heavy atom. The smallest absolute Gasteiger partial charge is 0.251 e. The van der Waals surface area contributed by atoms with Crippen LogP contribution in [0.15, 0.2) is 54.9 Å². The average Bonchev–Trinajstić information content (AvgIpc) is 3.21. The van der Waals surface area contributed by atoms with Gasteiger partial charge >= 0.3 is 0 Å². The van der Waals surface area contributed by atoms with Crippen LogP contribution in [0.1, 0.15) is 47.3 Å². The molecular weight excluding hydrogens is 364 g/mol. The van der Waals surface area contributed by atoms with Crippen LogP contribution in [0.3, 0.4) is 0 Å². The second-order valence-corrected chi connectivity index (χ2v) is 6.44. The van der Waals surface area contributed by atoms with Gasteiger partial charge < -0.3 is 11.1 Å². The molecule has 1 atom stereocenters. The summed E-state index contributed by atoms with van der Waals surface area (Å²) in [6.07, 6.45) is 1.48. The van der Waals surface area contributed by atoms with E-state index in [1.165, 1.54) is 16.6 Å². The first-order valence-corrected chi connectivity index (χ1v) is 8.51. The molecule has 0 spiro atoms. The van der Waals surface area contributed by atoms with E-state index in [4.69, 9.17) is 5.73 Å². The van der Waals surface area contributed by atoms with Crippen molar-refractivity contribution < 1.29 is 4.79 Å². The van der Waals surface area contributed by atoms with Crippen molar-refractivity contribution in [1.82, 2.24) is 25.5 Å². The molecule has 7 nitrogen and oxygen atoms in total. The lowest BCUT2D eigenvalue weighted by Crippen LogP contribution is -2.32. The summed E-state index contributed by atoms with van der Waals surface area (Å²) in [6, 6.07) is 15.0. The van der Waals surface area contributed by atoms with Crippen molar-refractivity contribution >= 4 is 18.3 Å². The van der Waals surface area contributed by atoms with E-state index in [0.717, 1.165) is 11.3 Å². The number of nitrogens with one attached hydrogen (secondary N) is 1. The topological polar surface area (TPSA) is 98.7 Å². The molecule has 0 bridgehead atoms. The van der Waals surface area contributed by atoms with Gasteiger partial charge in [-0.2, -0.15) is 0 Å². The summed E-state index contributed by atoms with van der Waals surface area (Å²) >= 11 is 0. The second-order valence-electron chi connectivity index (χ2n) is 6.44. The number of rotatable bonds is 6. The lowest BCUT2D eigenvalue weighted by molar-refractivity contribution is 0.0951. The minimum Gasteiger partial charge on any atom is -0.350 e. The predicted octanol–water partition coefficient (Wildman–Crippen LogP) is 2.64. The molecular formula is C19H23ClN6O. The summed E-state index contributed by atoms with van der Waals surface area (Å²) in [7, 11) is 0. The maximum atomic E-state index is 12.4. The number of amides is 1. The maximum Gasteiger partial charge on any atom is 0.251 e. The first kappa shape index (κ1) is 20.5. The molecule has 1 unspecified atom stereocenters. The molecule has 0 fully saturated rings. The monoisotopic (exact) mass is 386 g/mol. The molecule has 0 saturated carbocycles. The van der Waals surface area contributed by atoms with E-state index in [1.54, 1.807) is 18.2 Å². The molecule has 27 heavy (non-hydrogen) atoms. The number of benzene rings is 2. The minimum atomic E-state index is -0.261. The Morgan fingerprint density at radius 2 is 1.85 bits per heavy atom. The molecule has 3 aromatic rings. The molecule has 0 radical (unpaired) electrons. The van der Waals surface area contributed by atoms with Gasteiger partial charge in [-0.25, -0.2) is 4.68 Å². The van der Waals surface area contributed by atoms with Gasteiger partial charge in [0.15, 0.2) is 0 Å². The highest BCUT2D eigenvalue weighted by Crippen LogP contribution is 2.17. The Bertz CT molecular complexity index is 864. The second kappa shape index (κ2) is 9.25. The van der Waals surface area contributed by atoms with Crippen LogP contribution in [0.4, 0.5) is 0 Å². The first-order chi connectivity index (χ1) is 12.5. The Balaban J connectivity index is 0.00000261. The lowest BCUT2D eigenvalue weighted by atomic mass is 9.99. The Kier molecular flexibility index (Phi) is 7.04. The van der Waals surface area contributed by atoms with E-state index in [-0.39, 0.29) is 24.4 Å². The third-order valence-electron chi connectivity index (χ3n) is 4.24. The van der Waals surface area contributed by atoms with Gasteiger partial charge in [-0.15, -0.1) is 17.5 Å². The van der Waals surface area contributed by atoms with Gasteiger partial charge in [0.05, 0.1) is 5.69 Å². The van der Waals surface area contributed by atoms with Crippen molar-refractivity contribution in [2.75, 3.05) is 6.54 Å². The predicted molar refractivity (Wildman–Crippen MR) is 106 cm³/mol. The zero-order chi connectivity index (χ0) is 18.5. The van der Waals surface area contributed by atoms with Crippen LogP contribution in [0.2, 0.25) is 0 Å². The molecule has 0 saturated heterocycles. The van der Waals surface area contributed by atoms with Gasteiger partial charge in [-0.1, -0.05) is 44.2 Å². The SMILES string of the molecule is CC(C)c1ccc(C(N)CNC(=O)c2cccc(-n3cnnn3)c2)cc1.Cl. The summed E-state index contributed by atoms with van der Waals surface area (Å²) in [6.45, 7) is 4.66. The standard InChI is InChI=1S/C19H22N6O.ClH/c1-13(2)14-6-8-15(9-7-14)18(20)11-21-19(26)16-4-3-5-17(10-16)25-12-22-23-24-25;/h3-10,12-13,18H,11,20H2,1-2H3,(H,21,26);1H. The van der Waals surface area contributed by atoms with E-state index in [0.29, 0.717) is 18.0 Å². The van der Waals surface area contributed by atoms with Gasteiger partial charge in [-0.05, 0) is 45.7 Å². The average molecular weight is 387 g/mol. The maximum absolute atomic E-state index is 12.4. The number of carbonyl (C=O) groups is 1. The van der Waals surface area contributed by atoms with Crippen LogP contribution in [0.5, 0.6) is 0 Å². The van der Waals surface area contributed by atoms with Crippen molar-refractivity contribution in [3.8, 4) is 5.69 Å². The van der Waals surface area contributed by atoms with Gasteiger partial charge in [0.25, 0.3) is 5.91 Å². The van der Waals surface area contributed by atoms with E-state index in [1.807, 2.05) is 18.2 Å². The zero-order valence-electron chi connectivity index (χ0n) is 15.2. The molecule has 3 rings (SSSR count). The summed E-state index contributed by atoms with van der Waals surface area (Å²) < 4.78 is 1.50. The third kappa shape index (κ3) is 5.12. The van der Waals surface area contributed by atoms with Crippen LogP contribution >= 0.6 is 12.4 Å². The number of halogens is 1. The third-order valence-corrected chi connectivity index (χ3v) is 4.24. The Labute approximate surface area is 164 Å². The van der Waals surface area contributed by atoms with E-state index in [9.17, 15) is 4.79 Å². The number of nitrogens with two attached hydrogens (primary N) is 1. The lowest BCUT2D eigenvalue weighted by Gasteiger charge is -2.15. The van der Waals surface area contributed by atoms with Gasteiger partial charge in [0.2, 0.25) is 0 Å². The van der Waals surface area contributed by atoms with Gasteiger partial charge in [-0.3, -0.25) is 4.79 Å². The van der Waals surface area contributed by atoms with Crippen LogP contribution in [0, 0.1) is 0 Å². The van der Waals surface area contributed by atoms with Crippen LogP contribution in [-0.4, -0.2) is 32.7 Å². The van der Waals surface area contributed by atoms with Crippen LogP contribution in [0.25, 0.3) is 5.69 Å². The van der Waals surface area contributed by atoms with Crippen LogP contribution in [-0.2, 0) is 0 Å². The zero-order valence-corrected chi connectivity index (χ0v) is 16.1. The Morgan fingerprint density at radius 1 is 1.15 bits per heavy atom. The molecule has 0 aliphatic carbocycles. The number of tetrazole rings is 1. The Hall–Kier alpha value is -2.77. The number of carbonyl (C=O) groups excluding carboxylic acids is 1. The van der Waals surface area contributed by atoms with Crippen molar-refractivity contribution in [1.29, 1.82) is 0 Å². The minimum absolute atomic E-state index is 0. The fraction of sp³-hybridized carbons (Fsp3) is 0.263. The molecule has 1 amide bonds. The summed E-state index contributed by atoms with van der Waals surface area (Å²) in [5.41, 5.74) is 9.72. The summed E-state index contributed by atoms with van der Waals surface area (Å²) in [4.78, 5) is 12.4. The molecule has 8 heteroatoms. The molecule has 3 N–H and O–H groups in total. The molecule has 1 aromatic heterocycles. The van der Waals surface area contributed by atoms with E-state index in [2.05, 4.69) is 46.8 Å². The molecule has 142 valence electrons. The number of hydrogen-bond donors (Lipinski definition) is 2. The van der Waals surface area contributed by atoms with Gasteiger partial charge in [0, 0.05) is 18.2 Å². The summed E-state index contributed by atoms with van der Waals surface area (Å²) in [5, 5.41) is 13.9. The van der Waals surface area contributed by atoms with E-state index < -0.39 is 0 Å². The molecule has 0 aliphatic heterocycles. The fourth-order valence-corrected chi connectivity index (χ4v) is 2.62. The molecule has 1 heterocycles. The van der Waals surface area contributed by atoms with Crippen LogP contribution < -0.4 is 11.1 Å². The first-order valence-electron chi connectivity index (χ1n) is 8.51. The van der Waals surface area contributed by atoms with Crippen molar-refractivity contribution in [3.05, 3.63) is 71.5 Å². The highest BCUT2D eigenvalue weighted by Gasteiger charge is 2.11.